The summed E-state index contributed by atoms with van der Waals surface area (Å²) >= 11 is 0. The van der Waals surface area contributed by atoms with Crippen LogP contribution >= 0.6 is 0 Å². The number of carbonyl (C=O) groups excluding carboxylic acids is 1. The molecule has 0 bridgehead atoms. The number of benzene rings is 1. The standard InChI is InChI=1S/C14H19N3O3/c1-3-16(12-4-5-15-9-12)14(18)11-6-10(2)7-13(8-11)17(19)20/h6-8,12,15H,3-5,9H2,1-2H3. The van der Waals surface area contributed by atoms with Gasteiger partial charge in [0.15, 0.2) is 0 Å². The van der Waals surface area contributed by atoms with E-state index in [2.05, 4.69) is 5.32 Å². The second-order valence-electron chi connectivity index (χ2n) is 5.05. The van der Waals surface area contributed by atoms with Gasteiger partial charge in [0.1, 0.15) is 0 Å². The van der Waals surface area contributed by atoms with Gasteiger partial charge in [0, 0.05) is 36.8 Å². The number of nitro groups is 1. The SMILES string of the molecule is CCN(C(=O)c1cc(C)cc([N+](=O)[O-])c1)C1CCNC1. The summed E-state index contributed by atoms with van der Waals surface area (Å²) in [5.41, 5.74) is 1.09. The number of aryl methyl sites for hydroxylation is 1. The molecule has 1 atom stereocenters. The Kier molecular flexibility index (Phi) is 4.34. The predicted molar refractivity (Wildman–Crippen MR) is 75.8 cm³/mol. The van der Waals surface area contributed by atoms with Gasteiger partial charge in [-0.3, -0.25) is 14.9 Å². The molecule has 6 heteroatoms. The highest BCUT2D eigenvalue weighted by molar-refractivity contribution is 5.95. The van der Waals surface area contributed by atoms with Crippen molar-refractivity contribution in [2.24, 2.45) is 0 Å². The number of likely N-dealkylation sites (N-methyl/N-ethyl adjacent to an activating group) is 1. The molecule has 1 heterocycles. The molecule has 108 valence electrons. The van der Waals surface area contributed by atoms with E-state index in [1.807, 2.05) is 6.92 Å². The highest BCUT2D eigenvalue weighted by Crippen LogP contribution is 2.20. The Morgan fingerprint density at radius 3 is 2.80 bits per heavy atom. The number of hydrogen-bond donors (Lipinski definition) is 1. The minimum Gasteiger partial charge on any atom is -0.335 e. The van der Waals surface area contributed by atoms with Gasteiger partial charge in [0.2, 0.25) is 0 Å². The van der Waals surface area contributed by atoms with Gasteiger partial charge in [-0.15, -0.1) is 0 Å². The lowest BCUT2D eigenvalue weighted by Crippen LogP contribution is -2.41. The van der Waals surface area contributed by atoms with E-state index < -0.39 is 4.92 Å². The van der Waals surface area contributed by atoms with Gasteiger partial charge in [0.05, 0.1) is 4.92 Å². The van der Waals surface area contributed by atoms with E-state index in [0.717, 1.165) is 25.1 Å². The number of nitrogens with one attached hydrogen (secondary N) is 1. The van der Waals surface area contributed by atoms with E-state index in [4.69, 9.17) is 0 Å². The summed E-state index contributed by atoms with van der Waals surface area (Å²) in [4.78, 5) is 24.8. The van der Waals surface area contributed by atoms with Crippen molar-refractivity contribution >= 4 is 11.6 Å². The van der Waals surface area contributed by atoms with Crippen molar-refractivity contribution in [1.82, 2.24) is 10.2 Å². The van der Waals surface area contributed by atoms with Crippen molar-refractivity contribution in [1.29, 1.82) is 0 Å². The molecule has 1 aromatic carbocycles. The maximum atomic E-state index is 12.6. The fraction of sp³-hybridized carbons (Fsp3) is 0.500. The number of nitro benzene ring substituents is 1. The van der Waals surface area contributed by atoms with Crippen LogP contribution in [-0.2, 0) is 0 Å². The number of nitrogens with zero attached hydrogens (tertiary/aromatic N) is 2. The van der Waals surface area contributed by atoms with Gasteiger partial charge in [-0.1, -0.05) is 0 Å². The quantitative estimate of drug-likeness (QED) is 0.671. The second-order valence-corrected chi connectivity index (χ2v) is 5.05. The molecule has 0 radical (unpaired) electrons. The van der Waals surface area contributed by atoms with Crippen LogP contribution in [0.5, 0.6) is 0 Å². The Bertz CT molecular complexity index is 524. The largest absolute Gasteiger partial charge is 0.335 e. The number of carbonyl (C=O) groups is 1. The molecular formula is C14H19N3O3. The van der Waals surface area contributed by atoms with Crippen LogP contribution in [0.3, 0.4) is 0 Å². The van der Waals surface area contributed by atoms with Crippen molar-refractivity contribution < 1.29 is 9.72 Å². The number of hydrogen-bond acceptors (Lipinski definition) is 4. The summed E-state index contributed by atoms with van der Waals surface area (Å²) < 4.78 is 0. The summed E-state index contributed by atoms with van der Waals surface area (Å²) in [5.74, 6) is -0.131. The predicted octanol–water partition coefficient (Wildman–Crippen LogP) is 1.73. The molecule has 2 rings (SSSR count). The molecule has 6 nitrogen and oxygen atoms in total. The first-order valence-corrected chi connectivity index (χ1v) is 6.80. The molecule has 0 saturated carbocycles. The first-order chi connectivity index (χ1) is 9.52. The zero-order chi connectivity index (χ0) is 14.7. The zero-order valence-electron chi connectivity index (χ0n) is 11.8. The Morgan fingerprint density at radius 1 is 1.50 bits per heavy atom. The van der Waals surface area contributed by atoms with E-state index >= 15 is 0 Å². The zero-order valence-corrected chi connectivity index (χ0v) is 11.8. The van der Waals surface area contributed by atoms with Crippen molar-refractivity contribution in [3.8, 4) is 0 Å². The van der Waals surface area contributed by atoms with E-state index in [9.17, 15) is 14.9 Å². The highest BCUT2D eigenvalue weighted by Gasteiger charge is 2.27. The molecular weight excluding hydrogens is 258 g/mol. The first kappa shape index (κ1) is 14.5. The summed E-state index contributed by atoms with van der Waals surface area (Å²) in [5, 5.41) is 14.1. The average molecular weight is 277 g/mol. The molecule has 1 unspecified atom stereocenters. The van der Waals surface area contributed by atoms with E-state index in [-0.39, 0.29) is 17.6 Å². The monoisotopic (exact) mass is 277 g/mol. The fourth-order valence-corrected chi connectivity index (χ4v) is 2.63. The van der Waals surface area contributed by atoms with Crippen LogP contribution in [0.2, 0.25) is 0 Å². The van der Waals surface area contributed by atoms with Gasteiger partial charge in [-0.2, -0.15) is 0 Å². The summed E-state index contributed by atoms with van der Waals surface area (Å²) in [6.07, 6.45) is 0.924. The molecule has 1 aliphatic rings. The van der Waals surface area contributed by atoms with Crippen LogP contribution in [0.15, 0.2) is 18.2 Å². The lowest BCUT2D eigenvalue weighted by molar-refractivity contribution is -0.384. The fourth-order valence-electron chi connectivity index (χ4n) is 2.63. The lowest BCUT2D eigenvalue weighted by Gasteiger charge is -2.27. The molecule has 1 saturated heterocycles. The molecule has 1 amide bonds. The number of rotatable bonds is 4. The topological polar surface area (TPSA) is 75.5 Å². The van der Waals surface area contributed by atoms with Crippen LogP contribution in [0, 0.1) is 17.0 Å². The average Bonchev–Trinajstić information content (AvgIpc) is 2.92. The Morgan fingerprint density at radius 2 is 2.25 bits per heavy atom. The first-order valence-electron chi connectivity index (χ1n) is 6.80. The Balaban J connectivity index is 2.29. The maximum absolute atomic E-state index is 12.6. The summed E-state index contributed by atoms with van der Waals surface area (Å²) in [7, 11) is 0. The van der Waals surface area contributed by atoms with Crippen molar-refractivity contribution in [2.45, 2.75) is 26.3 Å². The molecule has 0 aromatic heterocycles. The molecule has 20 heavy (non-hydrogen) atoms. The van der Waals surface area contributed by atoms with Gasteiger partial charge < -0.3 is 10.2 Å². The van der Waals surface area contributed by atoms with E-state index in [1.54, 1.807) is 17.9 Å². The number of amides is 1. The van der Waals surface area contributed by atoms with Gasteiger partial charge in [-0.25, -0.2) is 0 Å². The van der Waals surface area contributed by atoms with Crippen LogP contribution in [0.4, 0.5) is 5.69 Å². The van der Waals surface area contributed by atoms with E-state index in [1.165, 1.54) is 12.1 Å². The minimum absolute atomic E-state index is 0.0334. The molecule has 1 aromatic rings. The van der Waals surface area contributed by atoms with Crippen molar-refractivity contribution in [3.63, 3.8) is 0 Å². The maximum Gasteiger partial charge on any atom is 0.270 e. The molecule has 0 aliphatic carbocycles. The normalized spacial score (nSPS) is 18.0. The van der Waals surface area contributed by atoms with Crippen LogP contribution in [-0.4, -0.2) is 41.4 Å². The third-order valence-electron chi connectivity index (χ3n) is 3.60. The minimum atomic E-state index is -0.461. The smallest absolute Gasteiger partial charge is 0.270 e. The molecule has 1 fully saturated rings. The van der Waals surface area contributed by atoms with Gasteiger partial charge in [0.25, 0.3) is 11.6 Å². The Labute approximate surface area is 117 Å². The third-order valence-corrected chi connectivity index (χ3v) is 3.60. The summed E-state index contributed by atoms with van der Waals surface area (Å²) in [6, 6.07) is 4.72. The molecule has 0 spiro atoms. The van der Waals surface area contributed by atoms with Gasteiger partial charge in [-0.05, 0) is 38.4 Å². The van der Waals surface area contributed by atoms with Crippen LogP contribution in [0.25, 0.3) is 0 Å². The number of non-ortho nitro benzene ring substituents is 1. The second kappa shape index (κ2) is 6.00. The third kappa shape index (κ3) is 2.96. The van der Waals surface area contributed by atoms with Crippen LogP contribution in [0.1, 0.15) is 29.3 Å². The highest BCUT2D eigenvalue weighted by atomic mass is 16.6. The van der Waals surface area contributed by atoms with E-state index in [0.29, 0.717) is 12.1 Å². The summed E-state index contributed by atoms with van der Waals surface area (Å²) in [6.45, 7) is 5.99. The van der Waals surface area contributed by atoms with Gasteiger partial charge >= 0.3 is 0 Å². The van der Waals surface area contributed by atoms with Crippen LogP contribution < -0.4 is 5.32 Å². The Hall–Kier alpha value is -1.95. The van der Waals surface area contributed by atoms with Crippen molar-refractivity contribution in [2.75, 3.05) is 19.6 Å². The van der Waals surface area contributed by atoms with Crippen molar-refractivity contribution in [3.05, 3.63) is 39.4 Å². The lowest BCUT2D eigenvalue weighted by atomic mass is 10.1. The molecule has 1 N–H and O–H groups in total. The molecule has 1 aliphatic heterocycles.